The van der Waals surface area contributed by atoms with E-state index in [0.717, 1.165) is 5.76 Å². The van der Waals surface area contributed by atoms with Gasteiger partial charge in [0, 0.05) is 7.05 Å². The molecule has 1 amide bonds. The standard InChI is InChI=1S/C13H13NO3/c1-14(10-12-8-5-9-16-12)13(15)17-11-6-3-2-4-7-11/h2-9H,10H2,1H3. The Labute approximate surface area is 99.4 Å². The number of rotatable bonds is 3. The summed E-state index contributed by atoms with van der Waals surface area (Å²) in [6.07, 6.45) is 1.17. The van der Waals surface area contributed by atoms with Gasteiger partial charge in [-0.15, -0.1) is 0 Å². The van der Waals surface area contributed by atoms with Crippen LogP contribution in [0.3, 0.4) is 0 Å². The van der Waals surface area contributed by atoms with Crippen LogP contribution in [0, 0.1) is 0 Å². The number of ether oxygens (including phenoxy) is 1. The van der Waals surface area contributed by atoms with Crippen molar-refractivity contribution < 1.29 is 13.9 Å². The average molecular weight is 231 g/mol. The van der Waals surface area contributed by atoms with Crippen molar-refractivity contribution in [1.29, 1.82) is 0 Å². The van der Waals surface area contributed by atoms with Crippen molar-refractivity contribution in [1.82, 2.24) is 4.90 Å². The zero-order chi connectivity index (χ0) is 12.1. The lowest BCUT2D eigenvalue weighted by Crippen LogP contribution is -2.28. The van der Waals surface area contributed by atoms with Crippen molar-refractivity contribution in [2.45, 2.75) is 6.54 Å². The van der Waals surface area contributed by atoms with Gasteiger partial charge in [-0.25, -0.2) is 4.79 Å². The third-order valence-electron chi connectivity index (χ3n) is 2.23. The number of hydrogen-bond donors (Lipinski definition) is 0. The minimum absolute atomic E-state index is 0.388. The highest BCUT2D eigenvalue weighted by atomic mass is 16.6. The number of carbonyl (C=O) groups excluding carboxylic acids is 1. The van der Waals surface area contributed by atoms with Crippen molar-refractivity contribution in [2.75, 3.05) is 7.05 Å². The fourth-order valence-corrected chi connectivity index (χ4v) is 1.37. The number of hydrogen-bond acceptors (Lipinski definition) is 3. The second-order valence-corrected chi connectivity index (χ2v) is 3.62. The third kappa shape index (κ3) is 3.11. The van der Waals surface area contributed by atoms with E-state index in [9.17, 15) is 4.79 Å². The average Bonchev–Trinajstić information content (AvgIpc) is 2.83. The molecule has 4 nitrogen and oxygen atoms in total. The predicted octanol–water partition coefficient (Wildman–Crippen LogP) is 2.91. The van der Waals surface area contributed by atoms with Gasteiger partial charge < -0.3 is 14.1 Å². The maximum Gasteiger partial charge on any atom is 0.415 e. The van der Waals surface area contributed by atoms with Gasteiger partial charge in [-0.1, -0.05) is 18.2 Å². The number of carbonyl (C=O) groups is 1. The molecule has 0 fully saturated rings. The Bertz CT molecular complexity index is 465. The zero-order valence-electron chi connectivity index (χ0n) is 9.50. The molecule has 0 radical (unpaired) electrons. The second kappa shape index (κ2) is 5.21. The minimum Gasteiger partial charge on any atom is -0.467 e. The van der Waals surface area contributed by atoms with E-state index >= 15 is 0 Å². The van der Waals surface area contributed by atoms with Crippen LogP contribution in [0.5, 0.6) is 5.75 Å². The summed E-state index contributed by atoms with van der Waals surface area (Å²) >= 11 is 0. The third-order valence-corrected chi connectivity index (χ3v) is 2.23. The molecular formula is C13H13NO3. The first-order chi connectivity index (χ1) is 8.25. The van der Waals surface area contributed by atoms with Gasteiger partial charge in [-0.05, 0) is 24.3 Å². The fraction of sp³-hybridized carbons (Fsp3) is 0.154. The molecule has 0 spiro atoms. The molecule has 1 aromatic carbocycles. The molecule has 1 heterocycles. The lowest BCUT2D eigenvalue weighted by atomic mass is 10.3. The predicted molar refractivity (Wildman–Crippen MR) is 62.6 cm³/mol. The number of para-hydroxylation sites is 1. The van der Waals surface area contributed by atoms with Crippen LogP contribution in [0.4, 0.5) is 4.79 Å². The maximum absolute atomic E-state index is 11.7. The van der Waals surface area contributed by atoms with Crippen LogP contribution < -0.4 is 4.74 Å². The van der Waals surface area contributed by atoms with E-state index < -0.39 is 6.09 Å². The highest BCUT2D eigenvalue weighted by Gasteiger charge is 2.12. The van der Waals surface area contributed by atoms with Crippen molar-refractivity contribution in [2.24, 2.45) is 0 Å². The maximum atomic E-state index is 11.7. The van der Waals surface area contributed by atoms with Crippen molar-refractivity contribution in [3.8, 4) is 5.75 Å². The highest BCUT2D eigenvalue weighted by molar-refractivity contribution is 5.70. The van der Waals surface area contributed by atoms with Gasteiger partial charge in [0.15, 0.2) is 0 Å². The SMILES string of the molecule is CN(Cc1ccco1)C(=O)Oc1ccccc1. The van der Waals surface area contributed by atoms with Crippen LogP contribution in [0.15, 0.2) is 53.1 Å². The molecule has 0 atom stereocenters. The van der Waals surface area contributed by atoms with Gasteiger partial charge in [-0.2, -0.15) is 0 Å². The molecule has 0 unspecified atom stereocenters. The summed E-state index contributed by atoms with van der Waals surface area (Å²) in [5, 5.41) is 0. The second-order valence-electron chi connectivity index (χ2n) is 3.62. The normalized spacial score (nSPS) is 9.94. The van der Waals surface area contributed by atoms with Gasteiger partial charge in [0.25, 0.3) is 0 Å². The molecule has 0 aliphatic carbocycles. The van der Waals surface area contributed by atoms with Gasteiger partial charge >= 0.3 is 6.09 Å². The molecule has 0 aliphatic heterocycles. The van der Waals surface area contributed by atoms with Crippen LogP contribution in [0.1, 0.15) is 5.76 Å². The monoisotopic (exact) mass is 231 g/mol. The first-order valence-corrected chi connectivity index (χ1v) is 5.26. The molecule has 0 aliphatic rings. The topological polar surface area (TPSA) is 42.7 Å². The Morgan fingerprint density at radius 2 is 2.00 bits per heavy atom. The van der Waals surface area contributed by atoms with Crippen LogP contribution >= 0.6 is 0 Å². The molecular weight excluding hydrogens is 218 g/mol. The summed E-state index contributed by atoms with van der Waals surface area (Å²) < 4.78 is 10.3. The smallest absolute Gasteiger partial charge is 0.415 e. The summed E-state index contributed by atoms with van der Waals surface area (Å²) in [7, 11) is 1.66. The molecule has 2 aromatic rings. The molecule has 2 rings (SSSR count). The molecule has 0 saturated heterocycles. The Morgan fingerprint density at radius 3 is 2.65 bits per heavy atom. The molecule has 0 bridgehead atoms. The quantitative estimate of drug-likeness (QED) is 0.815. The van der Waals surface area contributed by atoms with Crippen LogP contribution in [0.2, 0.25) is 0 Å². The van der Waals surface area contributed by atoms with E-state index in [1.54, 1.807) is 31.5 Å². The first kappa shape index (κ1) is 11.3. The highest BCUT2D eigenvalue weighted by Crippen LogP contribution is 2.11. The number of benzene rings is 1. The summed E-state index contributed by atoms with van der Waals surface area (Å²) in [5.74, 6) is 1.25. The molecule has 17 heavy (non-hydrogen) atoms. The minimum atomic E-state index is -0.410. The van der Waals surface area contributed by atoms with E-state index in [2.05, 4.69) is 0 Å². The number of amides is 1. The molecule has 1 aromatic heterocycles. The summed E-state index contributed by atoms with van der Waals surface area (Å²) in [6, 6.07) is 12.6. The van der Waals surface area contributed by atoms with Gasteiger partial charge in [0.05, 0.1) is 12.8 Å². The van der Waals surface area contributed by atoms with Crippen LogP contribution in [-0.4, -0.2) is 18.0 Å². The summed E-state index contributed by atoms with van der Waals surface area (Å²) in [6.45, 7) is 0.388. The molecule has 0 saturated carbocycles. The van der Waals surface area contributed by atoms with Crippen molar-refractivity contribution in [3.05, 3.63) is 54.5 Å². The van der Waals surface area contributed by atoms with Gasteiger partial charge in [0.2, 0.25) is 0 Å². The van der Waals surface area contributed by atoms with E-state index in [4.69, 9.17) is 9.15 Å². The molecule has 0 N–H and O–H groups in total. The van der Waals surface area contributed by atoms with E-state index in [0.29, 0.717) is 12.3 Å². The Morgan fingerprint density at radius 1 is 1.24 bits per heavy atom. The number of nitrogens with zero attached hydrogens (tertiary/aromatic N) is 1. The van der Waals surface area contributed by atoms with Crippen LogP contribution in [-0.2, 0) is 6.54 Å². The van der Waals surface area contributed by atoms with Gasteiger partial charge in [0.1, 0.15) is 11.5 Å². The van der Waals surface area contributed by atoms with E-state index in [-0.39, 0.29) is 0 Å². The summed E-state index contributed by atoms with van der Waals surface area (Å²) in [4.78, 5) is 13.2. The Balaban J connectivity index is 1.92. The van der Waals surface area contributed by atoms with Crippen LogP contribution in [0.25, 0.3) is 0 Å². The fourth-order valence-electron chi connectivity index (χ4n) is 1.37. The Kier molecular flexibility index (Phi) is 3.45. The zero-order valence-corrected chi connectivity index (χ0v) is 9.50. The first-order valence-electron chi connectivity index (χ1n) is 5.26. The Hall–Kier alpha value is -2.23. The van der Waals surface area contributed by atoms with E-state index in [1.165, 1.54) is 4.90 Å². The lowest BCUT2D eigenvalue weighted by molar-refractivity contribution is 0.157. The van der Waals surface area contributed by atoms with Crippen molar-refractivity contribution in [3.63, 3.8) is 0 Å². The molecule has 4 heteroatoms. The largest absolute Gasteiger partial charge is 0.467 e. The summed E-state index contributed by atoms with van der Waals surface area (Å²) in [5.41, 5.74) is 0. The van der Waals surface area contributed by atoms with Gasteiger partial charge in [-0.3, -0.25) is 0 Å². The molecule has 88 valence electrons. The number of furan rings is 1. The lowest BCUT2D eigenvalue weighted by Gasteiger charge is -2.15. The van der Waals surface area contributed by atoms with E-state index in [1.807, 2.05) is 24.3 Å². The van der Waals surface area contributed by atoms with Crippen molar-refractivity contribution >= 4 is 6.09 Å².